The van der Waals surface area contributed by atoms with Crippen LogP contribution in [0.1, 0.15) is 28.8 Å². The molecule has 35 heavy (non-hydrogen) atoms. The Labute approximate surface area is 201 Å². The number of aromatic nitrogens is 3. The average molecular weight is 473 g/mol. The van der Waals surface area contributed by atoms with Crippen molar-refractivity contribution in [3.05, 3.63) is 75.8 Å². The number of nitrogens with zero attached hydrogens (tertiary/aromatic N) is 5. The molecule has 1 saturated heterocycles. The van der Waals surface area contributed by atoms with E-state index >= 15 is 0 Å². The zero-order chi connectivity index (χ0) is 24.5. The quantitative estimate of drug-likeness (QED) is 0.324. The van der Waals surface area contributed by atoms with Gasteiger partial charge < -0.3 is 15.0 Å². The van der Waals surface area contributed by atoms with E-state index in [4.69, 9.17) is 4.74 Å². The number of fused-ring (bicyclic) bond motifs is 1. The molecule has 0 radical (unpaired) electrons. The Morgan fingerprint density at radius 3 is 2.37 bits per heavy atom. The molecule has 5 rings (SSSR count). The van der Waals surface area contributed by atoms with Gasteiger partial charge in [0.15, 0.2) is 0 Å². The van der Waals surface area contributed by atoms with Gasteiger partial charge in [-0.25, -0.2) is 0 Å². The standard InChI is InChI=1S/C25H24N6O4/c1-16-13-21-22(28-30(27-21)18-6-8-19(35-2)9-7-18)15-20(16)26-25(32)17-5-10-23(24(14-17)31(33)34)29-11-3-4-12-29/h5-10,13-15H,3-4,11-12H2,1-2H3,(H,26,32). The molecule has 1 aromatic heterocycles. The predicted molar refractivity (Wildman–Crippen MR) is 133 cm³/mol. The zero-order valence-electron chi connectivity index (χ0n) is 19.4. The third-order valence-corrected chi connectivity index (χ3v) is 6.16. The summed E-state index contributed by atoms with van der Waals surface area (Å²) in [5.41, 5.74) is 4.15. The van der Waals surface area contributed by atoms with Crippen molar-refractivity contribution in [3.8, 4) is 11.4 Å². The zero-order valence-corrected chi connectivity index (χ0v) is 19.4. The molecular weight excluding hydrogens is 448 g/mol. The number of carbonyl (C=O) groups is 1. The number of anilines is 2. The molecule has 3 aromatic carbocycles. The number of amides is 1. The number of aryl methyl sites for hydroxylation is 1. The molecule has 1 N–H and O–H groups in total. The minimum Gasteiger partial charge on any atom is -0.497 e. The second-order valence-electron chi connectivity index (χ2n) is 8.45. The second-order valence-corrected chi connectivity index (χ2v) is 8.45. The van der Waals surface area contributed by atoms with Crippen LogP contribution in [0, 0.1) is 17.0 Å². The van der Waals surface area contributed by atoms with E-state index in [0.29, 0.717) is 22.4 Å². The van der Waals surface area contributed by atoms with Gasteiger partial charge >= 0.3 is 0 Å². The number of benzene rings is 3. The Morgan fingerprint density at radius 2 is 1.71 bits per heavy atom. The molecule has 0 aliphatic carbocycles. The van der Waals surface area contributed by atoms with Gasteiger partial charge in [0, 0.05) is 30.4 Å². The molecule has 0 saturated carbocycles. The summed E-state index contributed by atoms with van der Waals surface area (Å²) in [7, 11) is 1.61. The molecule has 1 amide bonds. The van der Waals surface area contributed by atoms with Gasteiger partial charge in [-0.3, -0.25) is 14.9 Å². The van der Waals surface area contributed by atoms with Crippen LogP contribution in [0.2, 0.25) is 0 Å². The maximum absolute atomic E-state index is 13.0. The van der Waals surface area contributed by atoms with Crippen LogP contribution in [0.3, 0.4) is 0 Å². The second kappa shape index (κ2) is 9.05. The van der Waals surface area contributed by atoms with Crippen LogP contribution in [-0.2, 0) is 0 Å². The first-order valence-corrected chi connectivity index (χ1v) is 11.3. The third kappa shape index (κ3) is 4.37. The first-order chi connectivity index (χ1) is 16.9. The van der Waals surface area contributed by atoms with Crippen LogP contribution >= 0.6 is 0 Å². The molecule has 10 nitrogen and oxygen atoms in total. The molecule has 0 spiro atoms. The Morgan fingerprint density at radius 1 is 1.03 bits per heavy atom. The van der Waals surface area contributed by atoms with E-state index in [1.54, 1.807) is 25.3 Å². The summed E-state index contributed by atoms with van der Waals surface area (Å²) in [6.45, 7) is 3.42. The topological polar surface area (TPSA) is 115 Å². The molecule has 0 atom stereocenters. The highest BCUT2D eigenvalue weighted by Gasteiger charge is 2.24. The largest absolute Gasteiger partial charge is 0.497 e. The molecular formula is C25H24N6O4. The number of methoxy groups -OCH3 is 1. The van der Waals surface area contributed by atoms with Gasteiger partial charge in [-0.1, -0.05) is 0 Å². The summed E-state index contributed by atoms with van der Waals surface area (Å²) < 4.78 is 5.19. The number of ether oxygens (including phenoxy) is 1. The summed E-state index contributed by atoms with van der Waals surface area (Å²) in [5.74, 6) is 0.311. The van der Waals surface area contributed by atoms with E-state index < -0.39 is 10.8 Å². The lowest BCUT2D eigenvalue weighted by Gasteiger charge is -2.18. The summed E-state index contributed by atoms with van der Waals surface area (Å²) in [5, 5.41) is 23.6. The molecule has 4 aromatic rings. The van der Waals surface area contributed by atoms with Gasteiger partial charge in [0.05, 0.1) is 17.7 Å². The van der Waals surface area contributed by atoms with Crippen molar-refractivity contribution < 1.29 is 14.5 Å². The molecule has 0 unspecified atom stereocenters. The van der Waals surface area contributed by atoms with Gasteiger partial charge in [-0.2, -0.15) is 4.80 Å². The van der Waals surface area contributed by atoms with Crippen LogP contribution in [-0.4, -0.2) is 46.0 Å². The molecule has 0 bridgehead atoms. The fraction of sp³-hybridized carbons (Fsp3) is 0.240. The first-order valence-electron chi connectivity index (χ1n) is 11.3. The Bertz CT molecular complexity index is 1420. The SMILES string of the molecule is COc1ccc(-n2nc3cc(C)c(NC(=O)c4ccc(N5CCCC5)c([N+](=O)[O-])c4)cc3n2)cc1. The molecule has 1 fully saturated rings. The lowest BCUT2D eigenvalue weighted by Crippen LogP contribution is -2.20. The predicted octanol–water partition coefficient (Wildman–Crippen LogP) is 4.50. The lowest BCUT2D eigenvalue weighted by atomic mass is 10.1. The van der Waals surface area contributed by atoms with Crippen LogP contribution in [0.15, 0.2) is 54.6 Å². The lowest BCUT2D eigenvalue weighted by molar-refractivity contribution is -0.384. The van der Waals surface area contributed by atoms with Crippen LogP contribution in [0.25, 0.3) is 16.7 Å². The maximum atomic E-state index is 13.0. The molecule has 10 heteroatoms. The number of nitrogens with one attached hydrogen (secondary N) is 1. The van der Waals surface area contributed by atoms with Gasteiger partial charge in [0.1, 0.15) is 22.5 Å². The summed E-state index contributed by atoms with van der Waals surface area (Å²) >= 11 is 0. The van der Waals surface area contributed by atoms with Crippen molar-refractivity contribution in [3.63, 3.8) is 0 Å². The number of hydrogen-bond donors (Lipinski definition) is 1. The van der Waals surface area contributed by atoms with Crippen LogP contribution in [0.4, 0.5) is 17.1 Å². The Kier molecular flexibility index (Phi) is 5.77. The van der Waals surface area contributed by atoms with E-state index in [-0.39, 0.29) is 11.3 Å². The van der Waals surface area contributed by atoms with E-state index in [2.05, 4.69) is 15.5 Å². The number of rotatable bonds is 6. The molecule has 1 aliphatic heterocycles. The highest BCUT2D eigenvalue weighted by Crippen LogP contribution is 2.32. The third-order valence-electron chi connectivity index (χ3n) is 6.16. The fourth-order valence-corrected chi connectivity index (χ4v) is 4.26. The van der Waals surface area contributed by atoms with E-state index in [9.17, 15) is 14.9 Å². The van der Waals surface area contributed by atoms with E-state index in [1.807, 2.05) is 42.2 Å². The van der Waals surface area contributed by atoms with Gasteiger partial charge in [0.25, 0.3) is 11.6 Å². The number of nitro benzene ring substituents is 1. The number of hydrogen-bond acceptors (Lipinski definition) is 7. The van der Waals surface area contributed by atoms with Gasteiger partial charge in [-0.05, 0) is 73.9 Å². The van der Waals surface area contributed by atoms with Crippen LogP contribution < -0.4 is 15.0 Å². The number of nitro groups is 1. The Balaban J connectivity index is 1.41. The highest BCUT2D eigenvalue weighted by atomic mass is 16.6. The maximum Gasteiger partial charge on any atom is 0.293 e. The van der Waals surface area contributed by atoms with Crippen LogP contribution in [0.5, 0.6) is 5.75 Å². The van der Waals surface area contributed by atoms with E-state index in [1.165, 1.54) is 10.9 Å². The van der Waals surface area contributed by atoms with Crippen molar-refractivity contribution in [1.29, 1.82) is 0 Å². The van der Waals surface area contributed by atoms with Crippen molar-refractivity contribution >= 4 is 34.0 Å². The van der Waals surface area contributed by atoms with Gasteiger partial charge in [0.2, 0.25) is 0 Å². The van der Waals surface area contributed by atoms with E-state index in [0.717, 1.165) is 42.9 Å². The normalized spacial score (nSPS) is 13.3. The summed E-state index contributed by atoms with van der Waals surface area (Å²) in [6.07, 6.45) is 2.01. The molecule has 2 heterocycles. The fourth-order valence-electron chi connectivity index (χ4n) is 4.26. The molecule has 178 valence electrons. The van der Waals surface area contributed by atoms with Gasteiger partial charge in [-0.15, -0.1) is 10.2 Å². The highest BCUT2D eigenvalue weighted by molar-refractivity contribution is 6.06. The molecule has 1 aliphatic rings. The first kappa shape index (κ1) is 22.3. The monoisotopic (exact) mass is 472 g/mol. The summed E-state index contributed by atoms with van der Waals surface area (Å²) in [6, 6.07) is 15.6. The van der Waals surface area contributed by atoms with Crippen molar-refractivity contribution in [2.45, 2.75) is 19.8 Å². The smallest absolute Gasteiger partial charge is 0.293 e. The number of carbonyl (C=O) groups excluding carboxylic acids is 1. The Hall–Kier alpha value is -4.47. The summed E-state index contributed by atoms with van der Waals surface area (Å²) in [4.78, 5) is 27.8. The van der Waals surface area contributed by atoms with Crippen molar-refractivity contribution in [2.75, 3.05) is 30.4 Å². The van der Waals surface area contributed by atoms with Crippen molar-refractivity contribution in [1.82, 2.24) is 15.0 Å². The minimum absolute atomic E-state index is 0.0610. The minimum atomic E-state index is -0.431. The van der Waals surface area contributed by atoms with Crippen molar-refractivity contribution in [2.24, 2.45) is 0 Å². The average Bonchev–Trinajstić information content (AvgIpc) is 3.54.